The van der Waals surface area contributed by atoms with E-state index in [1.807, 2.05) is 18.2 Å². The van der Waals surface area contributed by atoms with Crippen LogP contribution in [-0.2, 0) is 10.9 Å². The zero-order chi connectivity index (χ0) is 21.6. The summed E-state index contributed by atoms with van der Waals surface area (Å²) in [4.78, 5) is 10.4. The normalized spacial score (nSPS) is 23.2. The Morgan fingerprint density at radius 2 is 1.90 bits per heavy atom. The van der Waals surface area contributed by atoms with Crippen LogP contribution in [0.3, 0.4) is 0 Å². The molecule has 5 rings (SSSR count). The van der Waals surface area contributed by atoms with Gasteiger partial charge in [0.25, 0.3) is 0 Å². The van der Waals surface area contributed by atoms with Gasteiger partial charge in [-0.05, 0) is 12.1 Å². The summed E-state index contributed by atoms with van der Waals surface area (Å²) in [6.45, 7) is 0.762. The predicted molar refractivity (Wildman–Crippen MR) is 105 cm³/mol. The van der Waals surface area contributed by atoms with Gasteiger partial charge in [-0.1, -0.05) is 18.2 Å². The van der Waals surface area contributed by atoms with Gasteiger partial charge in [0, 0.05) is 31.6 Å². The molecule has 3 aromatic rings. The molecule has 164 valence electrons. The summed E-state index contributed by atoms with van der Waals surface area (Å²) in [5.74, 6) is 0.249. The highest BCUT2D eigenvalue weighted by Gasteiger charge is 2.48. The van der Waals surface area contributed by atoms with Crippen molar-refractivity contribution in [1.29, 1.82) is 0 Å². The van der Waals surface area contributed by atoms with Crippen LogP contribution in [0.5, 0.6) is 5.75 Å². The van der Waals surface area contributed by atoms with Crippen molar-refractivity contribution < 1.29 is 27.0 Å². The van der Waals surface area contributed by atoms with Crippen molar-refractivity contribution in [2.24, 2.45) is 5.92 Å². The maximum atomic E-state index is 16.0. The number of ether oxygens (including phenoxy) is 2. The van der Waals surface area contributed by atoms with E-state index in [-0.39, 0.29) is 36.3 Å². The second-order valence-electron chi connectivity index (χ2n) is 7.89. The number of anilines is 1. The zero-order valence-electron chi connectivity index (χ0n) is 16.4. The van der Waals surface area contributed by atoms with Crippen LogP contribution in [0.15, 0.2) is 36.7 Å². The number of para-hydroxylation sites is 1. The molecule has 10 heteroatoms. The van der Waals surface area contributed by atoms with Crippen molar-refractivity contribution in [3.63, 3.8) is 0 Å². The molecule has 0 bridgehead atoms. The molecule has 0 radical (unpaired) electrons. The van der Waals surface area contributed by atoms with Crippen LogP contribution < -0.4 is 10.1 Å². The fourth-order valence-electron chi connectivity index (χ4n) is 4.42. The first-order valence-corrected chi connectivity index (χ1v) is 10.0. The van der Waals surface area contributed by atoms with Gasteiger partial charge in [-0.25, -0.2) is 14.4 Å². The average Bonchev–Trinajstić information content (AvgIpc) is 3.20. The summed E-state index contributed by atoms with van der Waals surface area (Å²) in [5, 5.41) is 3.41. The summed E-state index contributed by atoms with van der Waals surface area (Å²) in [5.41, 5.74) is -1.66. The molecule has 2 unspecified atom stereocenters. The molecule has 0 aliphatic carbocycles. The van der Waals surface area contributed by atoms with E-state index in [1.165, 1.54) is 6.33 Å². The maximum absolute atomic E-state index is 16.0. The molecule has 1 saturated heterocycles. The smallest absolute Gasteiger partial charge is 0.431 e. The highest BCUT2D eigenvalue weighted by molar-refractivity contribution is 5.88. The summed E-state index contributed by atoms with van der Waals surface area (Å²) >= 11 is 0. The molecule has 2 aliphatic rings. The Hall–Kier alpha value is -2.88. The predicted octanol–water partition coefficient (Wildman–Crippen LogP) is 4.66. The minimum atomic E-state index is -4.54. The molecule has 6 nitrogen and oxygen atoms in total. The Kier molecular flexibility index (Phi) is 4.76. The maximum Gasteiger partial charge on any atom is 0.431 e. The fourth-order valence-corrected chi connectivity index (χ4v) is 4.42. The van der Waals surface area contributed by atoms with Gasteiger partial charge in [-0.2, -0.15) is 13.2 Å². The number of aromatic amines is 1. The molecule has 0 spiro atoms. The SMILES string of the molecule is FC(F)(F)c1cc2c(NC3c4ccccc4OCC3C3(F)CCOCC3)ncnc2[nH]1. The lowest BCUT2D eigenvalue weighted by Crippen LogP contribution is -2.48. The number of aromatic nitrogens is 3. The summed E-state index contributed by atoms with van der Waals surface area (Å²) < 4.78 is 66.8. The van der Waals surface area contributed by atoms with Crippen LogP contribution in [0.25, 0.3) is 11.0 Å². The van der Waals surface area contributed by atoms with Gasteiger partial charge >= 0.3 is 6.18 Å². The largest absolute Gasteiger partial charge is 0.493 e. The van der Waals surface area contributed by atoms with E-state index in [2.05, 4.69) is 20.3 Å². The van der Waals surface area contributed by atoms with Gasteiger partial charge in [0.05, 0.1) is 24.0 Å². The average molecular weight is 436 g/mol. The Bertz CT molecular complexity index is 1090. The molecule has 2 aliphatic heterocycles. The third-order valence-corrected chi connectivity index (χ3v) is 6.09. The Morgan fingerprint density at radius 1 is 1.13 bits per heavy atom. The Labute approximate surface area is 175 Å². The fraction of sp³-hybridized carbons (Fsp3) is 0.429. The molecule has 31 heavy (non-hydrogen) atoms. The number of H-pyrrole nitrogens is 1. The minimum Gasteiger partial charge on any atom is -0.493 e. The van der Waals surface area contributed by atoms with Gasteiger partial charge < -0.3 is 19.8 Å². The van der Waals surface area contributed by atoms with Crippen LogP contribution in [0.4, 0.5) is 23.4 Å². The van der Waals surface area contributed by atoms with Gasteiger partial charge in [-0.15, -0.1) is 0 Å². The molecule has 1 fully saturated rings. The van der Waals surface area contributed by atoms with Crippen LogP contribution in [0.2, 0.25) is 0 Å². The van der Waals surface area contributed by atoms with Crippen LogP contribution in [0.1, 0.15) is 30.1 Å². The molecule has 0 saturated carbocycles. The van der Waals surface area contributed by atoms with Crippen LogP contribution in [-0.4, -0.2) is 40.4 Å². The number of benzene rings is 1. The Morgan fingerprint density at radius 3 is 2.68 bits per heavy atom. The number of fused-ring (bicyclic) bond motifs is 2. The van der Waals surface area contributed by atoms with E-state index in [1.54, 1.807) is 6.07 Å². The van der Waals surface area contributed by atoms with Gasteiger partial charge in [0.15, 0.2) is 0 Å². The van der Waals surface area contributed by atoms with E-state index < -0.39 is 29.5 Å². The van der Waals surface area contributed by atoms with Crippen molar-refractivity contribution in [2.45, 2.75) is 30.7 Å². The number of nitrogens with one attached hydrogen (secondary N) is 2. The lowest BCUT2D eigenvalue weighted by molar-refractivity contribution is -0.140. The Balaban J connectivity index is 1.57. The van der Waals surface area contributed by atoms with Crippen molar-refractivity contribution >= 4 is 16.9 Å². The first-order chi connectivity index (χ1) is 14.9. The number of halogens is 4. The van der Waals surface area contributed by atoms with Crippen LogP contribution >= 0.6 is 0 Å². The molecule has 0 amide bonds. The van der Waals surface area contributed by atoms with Gasteiger partial charge in [0.2, 0.25) is 0 Å². The standard InChI is InChI=1S/C21H20F4N4O2/c22-20(5-7-30-8-6-20)14-10-31-15-4-2-1-3-12(15)17(14)29-19-13-9-16(21(23,24)25)28-18(13)26-11-27-19/h1-4,9,11,14,17H,5-8,10H2,(H2,26,27,28,29). The molecule has 4 heterocycles. The topological polar surface area (TPSA) is 72.1 Å². The molecule has 1 aromatic carbocycles. The third kappa shape index (κ3) is 3.58. The van der Waals surface area contributed by atoms with Crippen molar-refractivity contribution in [1.82, 2.24) is 15.0 Å². The number of rotatable bonds is 3. The number of hydrogen-bond acceptors (Lipinski definition) is 5. The van der Waals surface area contributed by atoms with Gasteiger partial charge in [-0.3, -0.25) is 0 Å². The number of alkyl halides is 4. The molecular weight excluding hydrogens is 416 g/mol. The van der Waals surface area contributed by atoms with Crippen molar-refractivity contribution in [2.75, 3.05) is 25.1 Å². The van der Waals surface area contributed by atoms with E-state index in [4.69, 9.17) is 9.47 Å². The first kappa shape index (κ1) is 20.0. The van der Waals surface area contributed by atoms with E-state index in [0.717, 1.165) is 11.6 Å². The van der Waals surface area contributed by atoms with Crippen molar-refractivity contribution in [3.05, 3.63) is 47.9 Å². The highest BCUT2D eigenvalue weighted by Crippen LogP contribution is 2.47. The summed E-state index contributed by atoms with van der Waals surface area (Å²) in [6.07, 6.45) is -2.91. The molecule has 2 aromatic heterocycles. The van der Waals surface area contributed by atoms with E-state index >= 15 is 4.39 Å². The lowest BCUT2D eigenvalue weighted by Gasteiger charge is -2.44. The zero-order valence-corrected chi connectivity index (χ0v) is 16.4. The van der Waals surface area contributed by atoms with Gasteiger partial charge in [0.1, 0.15) is 34.9 Å². The molecular formula is C21H20F4N4O2. The summed E-state index contributed by atoms with van der Waals surface area (Å²) in [7, 11) is 0. The molecule has 2 N–H and O–H groups in total. The number of hydrogen-bond donors (Lipinski definition) is 2. The van der Waals surface area contributed by atoms with E-state index in [0.29, 0.717) is 19.0 Å². The van der Waals surface area contributed by atoms with E-state index in [9.17, 15) is 13.2 Å². The lowest BCUT2D eigenvalue weighted by atomic mass is 9.75. The second-order valence-corrected chi connectivity index (χ2v) is 7.89. The monoisotopic (exact) mass is 436 g/mol. The van der Waals surface area contributed by atoms with Crippen LogP contribution in [0, 0.1) is 5.92 Å². The highest BCUT2D eigenvalue weighted by atomic mass is 19.4. The third-order valence-electron chi connectivity index (χ3n) is 6.09. The minimum absolute atomic E-state index is 0.0581. The first-order valence-electron chi connectivity index (χ1n) is 10.0. The number of nitrogens with zero attached hydrogens (tertiary/aromatic N) is 2. The van der Waals surface area contributed by atoms with Crippen molar-refractivity contribution in [3.8, 4) is 5.75 Å². The second kappa shape index (κ2) is 7.37. The summed E-state index contributed by atoms with van der Waals surface area (Å²) in [6, 6.07) is 7.69. The molecule has 2 atom stereocenters. The quantitative estimate of drug-likeness (QED) is 0.585.